The van der Waals surface area contributed by atoms with Crippen LogP contribution in [0.2, 0.25) is 0 Å². The monoisotopic (exact) mass is 273 g/mol. The maximum absolute atomic E-state index is 10.3. The van der Waals surface area contributed by atoms with Gasteiger partial charge in [-0.3, -0.25) is 5.41 Å². The van der Waals surface area contributed by atoms with Crippen molar-refractivity contribution in [3.05, 3.63) is 24.3 Å². The van der Waals surface area contributed by atoms with Crippen LogP contribution >= 0.6 is 0 Å². The summed E-state index contributed by atoms with van der Waals surface area (Å²) in [5.41, 5.74) is 6.46. The highest BCUT2D eigenvalue weighted by Crippen LogP contribution is 2.38. The van der Waals surface area contributed by atoms with Crippen molar-refractivity contribution in [1.82, 2.24) is 4.57 Å². The lowest BCUT2D eigenvalue weighted by molar-refractivity contribution is 0.417. The van der Waals surface area contributed by atoms with Crippen LogP contribution in [-0.2, 0) is 6.54 Å². The van der Waals surface area contributed by atoms with Crippen molar-refractivity contribution in [3.63, 3.8) is 0 Å². The van der Waals surface area contributed by atoms with Gasteiger partial charge in [-0.15, -0.1) is 10.2 Å². The number of guanidine groups is 1. The van der Waals surface area contributed by atoms with Gasteiger partial charge in [0.05, 0.1) is 5.52 Å². The van der Waals surface area contributed by atoms with E-state index in [4.69, 9.17) is 11.1 Å². The number of unbranched alkanes of at least 4 members (excludes halogenated alkanes) is 2. The minimum Gasteiger partial charge on any atom is -0.493 e. The molecule has 1 aromatic carbocycles. The minimum atomic E-state index is -0.382. The standard InChI is InChI=1S/C14H19N5O/c1-2-3-6-9-19-11-8-5-4-7-10(11)12(13(19)20)17-18-14(15)16/h4-5,7-8,20H,2-3,6,9H2,1H3,(H3,15,16). The van der Waals surface area contributed by atoms with Crippen molar-refractivity contribution in [2.45, 2.75) is 32.7 Å². The summed E-state index contributed by atoms with van der Waals surface area (Å²) < 4.78 is 1.83. The Morgan fingerprint density at radius 2 is 2.10 bits per heavy atom. The van der Waals surface area contributed by atoms with Crippen LogP contribution < -0.4 is 5.73 Å². The van der Waals surface area contributed by atoms with Crippen LogP contribution in [0.3, 0.4) is 0 Å². The number of fused-ring (bicyclic) bond motifs is 1. The first kappa shape index (κ1) is 14.0. The van der Waals surface area contributed by atoms with Crippen LogP contribution in [0.15, 0.2) is 34.5 Å². The third-order valence-electron chi connectivity index (χ3n) is 3.16. The maximum Gasteiger partial charge on any atom is 0.232 e. The van der Waals surface area contributed by atoms with Crippen LogP contribution in [0.4, 0.5) is 5.69 Å². The lowest BCUT2D eigenvalue weighted by Crippen LogP contribution is -2.03. The second kappa shape index (κ2) is 6.18. The van der Waals surface area contributed by atoms with Gasteiger partial charge < -0.3 is 15.4 Å². The number of hydrogen-bond acceptors (Lipinski definition) is 3. The fraction of sp³-hybridized carbons (Fsp3) is 0.357. The number of aromatic hydroxyl groups is 1. The lowest BCUT2D eigenvalue weighted by atomic mass is 10.2. The molecule has 4 N–H and O–H groups in total. The molecular weight excluding hydrogens is 254 g/mol. The number of rotatable bonds is 5. The smallest absolute Gasteiger partial charge is 0.232 e. The van der Waals surface area contributed by atoms with Crippen LogP contribution in [-0.4, -0.2) is 15.6 Å². The Hall–Kier alpha value is -2.37. The van der Waals surface area contributed by atoms with E-state index in [1.54, 1.807) is 0 Å². The highest BCUT2D eigenvalue weighted by atomic mass is 16.3. The van der Waals surface area contributed by atoms with Crippen molar-refractivity contribution in [3.8, 4) is 5.88 Å². The number of nitrogens with zero attached hydrogens (tertiary/aromatic N) is 3. The third-order valence-corrected chi connectivity index (χ3v) is 3.16. The third kappa shape index (κ3) is 2.79. The molecule has 6 nitrogen and oxygen atoms in total. The molecule has 106 valence electrons. The minimum absolute atomic E-state index is 0.0762. The average Bonchev–Trinajstić information content (AvgIpc) is 2.70. The summed E-state index contributed by atoms with van der Waals surface area (Å²) in [4.78, 5) is 0. The van der Waals surface area contributed by atoms with Crippen molar-refractivity contribution in [2.24, 2.45) is 16.0 Å². The molecule has 0 bridgehead atoms. The van der Waals surface area contributed by atoms with Crippen molar-refractivity contribution in [1.29, 1.82) is 5.41 Å². The molecule has 0 amide bonds. The molecule has 0 radical (unpaired) electrons. The molecule has 1 heterocycles. The topological polar surface area (TPSA) is 99.7 Å². The second-order valence-corrected chi connectivity index (χ2v) is 4.63. The molecule has 1 aromatic heterocycles. The van der Waals surface area contributed by atoms with E-state index in [2.05, 4.69) is 17.2 Å². The number of azo groups is 1. The maximum atomic E-state index is 10.3. The zero-order valence-electron chi connectivity index (χ0n) is 11.5. The summed E-state index contributed by atoms with van der Waals surface area (Å²) in [5, 5.41) is 25.6. The summed E-state index contributed by atoms with van der Waals surface area (Å²) in [6, 6.07) is 7.61. The number of nitrogens with two attached hydrogens (primary N) is 1. The molecule has 2 rings (SSSR count). The van der Waals surface area contributed by atoms with E-state index in [1.165, 1.54) is 0 Å². The van der Waals surface area contributed by atoms with Gasteiger partial charge in [-0.2, -0.15) is 0 Å². The molecule has 0 aliphatic heterocycles. The van der Waals surface area contributed by atoms with Crippen LogP contribution in [0, 0.1) is 5.41 Å². The highest BCUT2D eigenvalue weighted by Gasteiger charge is 2.15. The van der Waals surface area contributed by atoms with Gasteiger partial charge in [0.2, 0.25) is 11.8 Å². The summed E-state index contributed by atoms with van der Waals surface area (Å²) in [6.07, 6.45) is 3.22. The van der Waals surface area contributed by atoms with Gasteiger partial charge in [0, 0.05) is 11.9 Å². The number of para-hydroxylation sites is 1. The van der Waals surface area contributed by atoms with Crippen molar-refractivity contribution in [2.75, 3.05) is 0 Å². The van der Waals surface area contributed by atoms with Crippen molar-refractivity contribution < 1.29 is 5.11 Å². The van der Waals surface area contributed by atoms with E-state index in [0.29, 0.717) is 5.69 Å². The zero-order chi connectivity index (χ0) is 14.5. The normalized spacial score (nSPS) is 11.4. The van der Waals surface area contributed by atoms with Crippen LogP contribution in [0.25, 0.3) is 10.9 Å². The number of hydrogen-bond donors (Lipinski definition) is 3. The number of nitrogens with one attached hydrogen (secondary N) is 1. The van der Waals surface area contributed by atoms with E-state index < -0.39 is 0 Å². The summed E-state index contributed by atoms with van der Waals surface area (Å²) in [5.74, 6) is -0.306. The Balaban J connectivity index is 2.46. The first-order chi connectivity index (χ1) is 9.65. The summed E-state index contributed by atoms with van der Waals surface area (Å²) in [6.45, 7) is 2.87. The quantitative estimate of drug-likeness (QED) is 0.336. The van der Waals surface area contributed by atoms with Gasteiger partial charge in [0.1, 0.15) is 0 Å². The Labute approximate surface area is 117 Å². The van der Waals surface area contributed by atoms with Gasteiger partial charge in [0.25, 0.3) is 0 Å². The zero-order valence-corrected chi connectivity index (χ0v) is 11.5. The van der Waals surface area contributed by atoms with Gasteiger partial charge in [-0.1, -0.05) is 38.0 Å². The average molecular weight is 273 g/mol. The Morgan fingerprint density at radius 1 is 1.35 bits per heavy atom. The van der Waals surface area contributed by atoms with E-state index in [1.807, 2.05) is 28.8 Å². The van der Waals surface area contributed by atoms with E-state index in [0.717, 1.165) is 36.7 Å². The van der Waals surface area contributed by atoms with E-state index >= 15 is 0 Å². The molecule has 2 aromatic rings. The Morgan fingerprint density at radius 3 is 2.80 bits per heavy atom. The molecule has 0 aliphatic rings. The summed E-state index contributed by atoms with van der Waals surface area (Å²) in [7, 11) is 0. The fourth-order valence-corrected chi connectivity index (χ4v) is 2.22. The van der Waals surface area contributed by atoms with Gasteiger partial charge >= 0.3 is 0 Å². The molecular formula is C14H19N5O. The van der Waals surface area contributed by atoms with Crippen LogP contribution in [0.1, 0.15) is 26.2 Å². The first-order valence-electron chi connectivity index (χ1n) is 6.71. The van der Waals surface area contributed by atoms with Gasteiger partial charge in [-0.05, 0) is 12.5 Å². The van der Waals surface area contributed by atoms with Gasteiger partial charge in [0.15, 0.2) is 5.69 Å². The second-order valence-electron chi connectivity index (χ2n) is 4.63. The molecule has 20 heavy (non-hydrogen) atoms. The molecule has 0 aliphatic carbocycles. The molecule has 0 fully saturated rings. The molecule has 0 saturated carbocycles. The van der Waals surface area contributed by atoms with E-state index in [9.17, 15) is 5.11 Å². The molecule has 0 unspecified atom stereocenters. The summed E-state index contributed by atoms with van der Waals surface area (Å²) >= 11 is 0. The molecule has 0 saturated heterocycles. The SMILES string of the molecule is CCCCCn1c(O)c(N=NC(=N)N)c2ccccc21. The molecule has 6 heteroatoms. The predicted molar refractivity (Wildman–Crippen MR) is 79.6 cm³/mol. The van der Waals surface area contributed by atoms with Gasteiger partial charge in [-0.25, -0.2) is 0 Å². The number of aromatic nitrogens is 1. The van der Waals surface area contributed by atoms with E-state index in [-0.39, 0.29) is 11.8 Å². The Bertz CT molecular complexity index is 644. The number of aryl methyl sites for hydroxylation is 1. The van der Waals surface area contributed by atoms with Crippen LogP contribution in [0.5, 0.6) is 5.88 Å². The predicted octanol–water partition coefficient (Wildman–Crippen LogP) is 3.51. The first-order valence-corrected chi connectivity index (χ1v) is 6.71. The van der Waals surface area contributed by atoms with Crippen molar-refractivity contribution >= 4 is 22.5 Å². The fourth-order valence-electron chi connectivity index (χ4n) is 2.22. The molecule has 0 atom stereocenters. The number of benzene rings is 1. The largest absolute Gasteiger partial charge is 0.493 e. The molecule has 0 spiro atoms. The Kier molecular flexibility index (Phi) is 4.34. The highest BCUT2D eigenvalue weighted by molar-refractivity contribution is 5.95. The lowest BCUT2D eigenvalue weighted by Gasteiger charge is -2.05.